The van der Waals surface area contributed by atoms with Crippen LogP contribution in [0.2, 0.25) is 0 Å². The second-order valence-corrected chi connectivity index (χ2v) is 8.92. The second kappa shape index (κ2) is 7.17. The molecule has 110 valence electrons. The first-order chi connectivity index (χ1) is 8.77. The maximum Gasteiger partial charge on any atom is 0.242 e. The zero-order chi connectivity index (χ0) is 14.6. The third-order valence-corrected chi connectivity index (χ3v) is 6.70. The molecular weight excluding hydrogens is 348 g/mol. The summed E-state index contributed by atoms with van der Waals surface area (Å²) in [5.41, 5.74) is 0. The Morgan fingerprint density at radius 3 is 2.53 bits per heavy atom. The molecule has 1 heterocycles. The average molecular weight is 369 g/mol. The molecule has 0 aliphatic heterocycles. The van der Waals surface area contributed by atoms with Crippen LogP contribution in [0.15, 0.2) is 14.7 Å². The monoisotopic (exact) mass is 368 g/mol. The molecule has 1 rings (SSSR count). The summed E-state index contributed by atoms with van der Waals surface area (Å²) in [6.07, 6.45) is 0. The summed E-state index contributed by atoms with van der Waals surface area (Å²) < 4.78 is 28.0. The van der Waals surface area contributed by atoms with Crippen LogP contribution in [0.4, 0.5) is 0 Å². The van der Waals surface area contributed by atoms with Gasteiger partial charge in [0.05, 0.1) is 3.79 Å². The highest BCUT2D eigenvalue weighted by Gasteiger charge is 2.23. The second-order valence-electron chi connectivity index (χ2n) is 4.78. The largest absolute Gasteiger partial charge is 0.312 e. The van der Waals surface area contributed by atoms with E-state index in [9.17, 15) is 8.42 Å². The van der Waals surface area contributed by atoms with Crippen LogP contribution in [0.1, 0.15) is 32.6 Å². The minimum Gasteiger partial charge on any atom is -0.312 e. The van der Waals surface area contributed by atoms with Crippen molar-refractivity contribution in [1.29, 1.82) is 0 Å². The molecule has 0 aliphatic rings. The van der Waals surface area contributed by atoms with Gasteiger partial charge in [-0.3, -0.25) is 0 Å². The lowest BCUT2D eigenvalue weighted by molar-refractivity contribution is 0.476. The van der Waals surface area contributed by atoms with E-state index in [1.807, 2.05) is 27.7 Å². The minimum atomic E-state index is -3.45. The van der Waals surface area contributed by atoms with Gasteiger partial charge in [0.25, 0.3) is 0 Å². The number of thiophene rings is 1. The fraction of sp³-hybridized carbons (Fsp3) is 0.667. The van der Waals surface area contributed by atoms with E-state index in [4.69, 9.17) is 0 Å². The van der Waals surface area contributed by atoms with Gasteiger partial charge >= 0.3 is 0 Å². The lowest BCUT2D eigenvalue weighted by Gasteiger charge is -2.17. The Kier molecular flexibility index (Phi) is 6.46. The summed E-state index contributed by atoms with van der Waals surface area (Å²) in [6, 6.07) is 1.64. The van der Waals surface area contributed by atoms with E-state index in [1.165, 1.54) is 11.3 Å². The Morgan fingerprint density at radius 1 is 1.37 bits per heavy atom. The van der Waals surface area contributed by atoms with E-state index in [1.54, 1.807) is 6.07 Å². The van der Waals surface area contributed by atoms with E-state index < -0.39 is 10.0 Å². The van der Waals surface area contributed by atoms with Crippen LogP contribution >= 0.6 is 27.3 Å². The normalized spacial score (nSPS) is 14.0. The third-order valence-electron chi connectivity index (χ3n) is 2.89. The number of sulfonamides is 1. The van der Waals surface area contributed by atoms with Crippen LogP contribution in [-0.4, -0.2) is 21.0 Å². The van der Waals surface area contributed by atoms with Crippen molar-refractivity contribution in [1.82, 2.24) is 10.0 Å². The van der Waals surface area contributed by atoms with Crippen molar-refractivity contribution in [3.05, 3.63) is 14.7 Å². The molecule has 0 amide bonds. The maximum atomic E-state index is 12.3. The van der Waals surface area contributed by atoms with Crippen molar-refractivity contribution in [2.24, 2.45) is 5.92 Å². The fourth-order valence-electron chi connectivity index (χ4n) is 1.36. The molecule has 0 bridgehead atoms. The van der Waals surface area contributed by atoms with Gasteiger partial charge in [0, 0.05) is 17.5 Å². The molecule has 0 saturated heterocycles. The van der Waals surface area contributed by atoms with Crippen LogP contribution in [0, 0.1) is 5.92 Å². The molecule has 1 atom stereocenters. The average Bonchev–Trinajstić information content (AvgIpc) is 2.68. The Bertz CT molecular complexity index is 512. The standard InChI is InChI=1S/C12H21BrN2O2S2/c1-5-14-7-10-6-11(12(13)18-10)19(16,17)15-9(4)8(2)3/h6,8-9,14-15H,5,7H2,1-4H3. The van der Waals surface area contributed by atoms with E-state index in [0.29, 0.717) is 15.2 Å². The van der Waals surface area contributed by atoms with Crippen molar-refractivity contribution in [3.8, 4) is 0 Å². The molecule has 1 unspecified atom stereocenters. The number of rotatable bonds is 7. The topological polar surface area (TPSA) is 58.2 Å². The molecule has 7 heteroatoms. The predicted octanol–water partition coefficient (Wildman–Crippen LogP) is 2.94. The molecule has 0 fully saturated rings. The van der Waals surface area contributed by atoms with Crippen LogP contribution in [0.25, 0.3) is 0 Å². The Hall–Kier alpha value is 0.0500. The van der Waals surface area contributed by atoms with Gasteiger partial charge in [-0.2, -0.15) is 0 Å². The van der Waals surface area contributed by atoms with Gasteiger partial charge in [-0.05, 0) is 41.4 Å². The van der Waals surface area contributed by atoms with Crippen LogP contribution in [0.5, 0.6) is 0 Å². The molecule has 0 radical (unpaired) electrons. The highest BCUT2D eigenvalue weighted by molar-refractivity contribution is 9.11. The molecule has 1 aromatic heterocycles. The van der Waals surface area contributed by atoms with E-state index in [0.717, 1.165) is 11.4 Å². The highest BCUT2D eigenvalue weighted by atomic mass is 79.9. The van der Waals surface area contributed by atoms with Gasteiger partial charge in [0.1, 0.15) is 4.90 Å². The maximum absolute atomic E-state index is 12.3. The summed E-state index contributed by atoms with van der Waals surface area (Å²) in [5, 5.41) is 3.19. The number of halogens is 1. The van der Waals surface area contributed by atoms with Crippen molar-refractivity contribution >= 4 is 37.3 Å². The first-order valence-electron chi connectivity index (χ1n) is 6.29. The molecule has 19 heavy (non-hydrogen) atoms. The first kappa shape index (κ1) is 17.1. The summed E-state index contributed by atoms with van der Waals surface area (Å²) in [4.78, 5) is 1.34. The molecule has 4 nitrogen and oxygen atoms in total. The Morgan fingerprint density at radius 2 is 2.00 bits per heavy atom. The molecule has 0 aromatic carbocycles. The zero-order valence-corrected chi connectivity index (χ0v) is 14.9. The van der Waals surface area contributed by atoms with Gasteiger partial charge in [0.15, 0.2) is 0 Å². The first-order valence-corrected chi connectivity index (χ1v) is 9.38. The Balaban J connectivity index is 2.92. The summed E-state index contributed by atoms with van der Waals surface area (Å²) >= 11 is 4.80. The van der Waals surface area contributed by atoms with E-state index in [2.05, 4.69) is 26.0 Å². The summed E-state index contributed by atoms with van der Waals surface area (Å²) in [6.45, 7) is 9.43. The van der Waals surface area contributed by atoms with E-state index >= 15 is 0 Å². The molecule has 2 N–H and O–H groups in total. The van der Waals surface area contributed by atoms with Crippen molar-refractivity contribution in [2.45, 2.75) is 45.2 Å². The van der Waals surface area contributed by atoms with Crippen LogP contribution in [0.3, 0.4) is 0 Å². The fourth-order valence-corrected chi connectivity index (χ4v) is 5.40. The number of nitrogens with one attached hydrogen (secondary N) is 2. The van der Waals surface area contributed by atoms with Gasteiger partial charge in [0.2, 0.25) is 10.0 Å². The Labute approximate surface area is 128 Å². The predicted molar refractivity (Wildman–Crippen MR) is 84.0 cm³/mol. The highest BCUT2D eigenvalue weighted by Crippen LogP contribution is 2.31. The summed E-state index contributed by atoms with van der Waals surface area (Å²) in [5.74, 6) is 0.258. The lowest BCUT2D eigenvalue weighted by atomic mass is 10.1. The molecule has 1 aromatic rings. The zero-order valence-electron chi connectivity index (χ0n) is 11.7. The number of hydrogen-bond donors (Lipinski definition) is 2. The van der Waals surface area contributed by atoms with E-state index in [-0.39, 0.29) is 12.0 Å². The van der Waals surface area contributed by atoms with Gasteiger partial charge in [-0.15, -0.1) is 11.3 Å². The SMILES string of the molecule is CCNCc1cc(S(=O)(=O)NC(C)C(C)C)c(Br)s1. The van der Waals surface area contributed by atoms with Crippen LogP contribution < -0.4 is 10.0 Å². The van der Waals surface area contributed by atoms with Crippen molar-refractivity contribution < 1.29 is 8.42 Å². The molecule has 0 spiro atoms. The van der Waals surface area contributed by atoms with Gasteiger partial charge in [-0.1, -0.05) is 20.8 Å². The molecule has 0 saturated carbocycles. The summed E-state index contributed by atoms with van der Waals surface area (Å²) in [7, 11) is -3.45. The smallest absolute Gasteiger partial charge is 0.242 e. The van der Waals surface area contributed by atoms with Gasteiger partial charge < -0.3 is 5.32 Å². The third kappa shape index (κ3) is 4.82. The quantitative estimate of drug-likeness (QED) is 0.777. The molecular formula is C12H21BrN2O2S2. The number of hydrogen-bond acceptors (Lipinski definition) is 4. The van der Waals surface area contributed by atoms with Crippen molar-refractivity contribution in [2.75, 3.05) is 6.54 Å². The van der Waals surface area contributed by atoms with Gasteiger partial charge in [-0.25, -0.2) is 13.1 Å². The lowest BCUT2D eigenvalue weighted by Crippen LogP contribution is -2.36. The minimum absolute atomic E-state index is 0.0889. The van der Waals surface area contributed by atoms with Crippen LogP contribution in [-0.2, 0) is 16.6 Å². The molecule has 0 aliphatic carbocycles. The van der Waals surface area contributed by atoms with Crippen molar-refractivity contribution in [3.63, 3.8) is 0 Å².